The van der Waals surface area contributed by atoms with Crippen molar-refractivity contribution >= 4 is 34.2 Å². The Hall–Kier alpha value is -1.89. The topological polar surface area (TPSA) is 81.7 Å². The number of carbonyl (C=O) groups excluding carboxylic acids is 3. The molecular weight excluding hydrogens is 342 g/mol. The van der Waals surface area contributed by atoms with Gasteiger partial charge in [0.25, 0.3) is 0 Å². The zero-order valence-corrected chi connectivity index (χ0v) is 15.8. The molecule has 0 bridgehead atoms. The van der Waals surface area contributed by atoms with Gasteiger partial charge in [-0.25, -0.2) is 4.79 Å². The van der Waals surface area contributed by atoms with Gasteiger partial charge in [0.15, 0.2) is 0 Å². The molecule has 1 aromatic rings. The van der Waals surface area contributed by atoms with E-state index in [4.69, 9.17) is 4.74 Å². The smallest absolute Gasteiger partial charge is 0.341 e. The number of hydrogen-bond donors (Lipinski definition) is 1. The van der Waals surface area contributed by atoms with Crippen LogP contribution < -0.4 is 5.32 Å². The summed E-state index contributed by atoms with van der Waals surface area (Å²) in [5.74, 6) is -0.513. The van der Waals surface area contributed by atoms with Crippen LogP contribution in [0.25, 0.3) is 0 Å². The van der Waals surface area contributed by atoms with E-state index in [9.17, 15) is 14.4 Å². The third kappa shape index (κ3) is 4.81. The number of esters is 2. The van der Waals surface area contributed by atoms with Crippen LogP contribution in [-0.2, 0) is 31.9 Å². The van der Waals surface area contributed by atoms with Crippen molar-refractivity contribution in [3.63, 3.8) is 0 Å². The number of carbonyl (C=O) groups is 3. The van der Waals surface area contributed by atoms with Crippen LogP contribution in [0.1, 0.15) is 60.3 Å². The number of thiophene rings is 1. The van der Waals surface area contributed by atoms with Crippen LogP contribution in [0.15, 0.2) is 0 Å². The third-order valence-electron chi connectivity index (χ3n) is 4.46. The largest absolute Gasteiger partial charge is 0.469 e. The van der Waals surface area contributed by atoms with Crippen molar-refractivity contribution in [1.82, 2.24) is 0 Å². The van der Waals surface area contributed by atoms with Crippen LogP contribution in [0.5, 0.6) is 0 Å². The number of nitrogens with one attached hydrogen (secondary N) is 1. The Morgan fingerprint density at radius 2 is 2.00 bits per heavy atom. The summed E-state index contributed by atoms with van der Waals surface area (Å²) >= 11 is 1.45. The molecule has 0 fully saturated rings. The van der Waals surface area contributed by atoms with Gasteiger partial charge in [-0.3, -0.25) is 9.59 Å². The molecule has 0 saturated heterocycles. The van der Waals surface area contributed by atoms with Crippen molar-refractivity contribution < 1.29 is 23.9 Å². The second kappa shape index (κ2) is 8.99. The van der Waals surface area contributed by atoms with Crippen LogP contribution in [0.2, 0.25) is 0 Å². The van der Waals surface area contributed by atoms with E-state index in [2.05, 4.69) is 17.0 Å². The van der Waals surface area contributed by atoms with E-state index >= 15 is 0 Å². The predicted octanol–water partition coefficient (Wildman–Crippen LogP) is 3.33. The van der Waals surface area contributed by atoms with Crippen molar-refractivity contribution in [3.05, 3.63) is 16.0 Å². The monoisotopic (exact) mass is 367 g/mol. The first-order chi connectivity index (χ1) is 12.0. The highest BCUT2D eigenvalue weighted by molar-refractivity contribution is 7.17. The number of hydrogen-bond acceptors (Lipinski definition) is 6. The molecule has 6 nitrogen and oxygen atoms in total. The number of rotatable bonds is 7. The summed E-state index contributed by atoms with van der Waals surface area (Å²) in [6.45, 7) is 4.22. The number of methoxy groups -OCH3 is 1. The van der Waals surface area contributed by atoms with E-state index in [1.54, 1.807) is 6.92 Å². The predicted molar refractivity (Wildman–Crippen MR) is 96.0 cm³/mol. The van der Waals surface area contributed by atoms with Crippen LogP contribution in [0, 0.1) is 5.92 Å². The fourth-order valence-corrected chi connectivity index (χ4v) is 4.38. The summed E-state index contributed by atoms with van der Waals surface area (Å²) in [6, 6.07) is 0. The average Bonchev–Trinajstić information content (AvgIpc) is 2.96. The van der Waals surface area contributed by atoms with Gasteiger partial charge in [-0.2, -0.15) is 0 Å². The lowest BCUT2D eigenvalue weighted by molar-refractivity contribution is -0.141. The van der Waals surface area contributed by atoms with E-state index in [1.165, 1.54) is 18.4 Å². The summed E-state index contributed by atoms with van der Waals surface area (Å²) in [7, 11) is 1.29. The summed E-state index contributed by atoms with van der Waals surface area (Å²) in [5, 5.41) is 3.33. The lowest BCUT2D eigenvalue weighted by Gasteiger charge is -2.20. The Bertz CT molecular complexity index is 652. The van der Waals surface area contributed by atoms with Crippen LogP contribution in [0.3, 0.4) is 0 Å². The Kier molecular flexibility index (Phi) is 6.99. The van der Waals surface area contributed by atoms with Crippen molar-refractivity contribution in [1.29, 1.82) is 0 Å². The average molecular weight is 367 g/mol. The lowest BCUT2D eigenvalue weighted by atomic mass is 9.85. The van der Waals surface area contributed by atoms with Crippen molar-refractivity contribution in [2.75, 3.05) is 19.0 Å². The van der Waals surface area contributed by atoms with E-state index in [0.29, 0.717) is 16.5 Å². The second-order valence-corrected chi connectivity index (χ2v) is 7.17. The molecule has 7 heteroatoms. The number of anilines is 1. The molecular formula is C18H25NO5S. The Balaban J connectivity index is 2.21. The molecule has 1 atom stereocenters. The van der Waals surface area contributed by atoms with Gasteiger partial charge in [-0.1, -0.05) is 13.3 Å². The fraction of sp³-hybridized carbons (Fsp3) is 0.611. The van der Waals surface area contributed by atoms with Gasteiger partial charge in [-0.05, 0) is 37.7 Å². The maximum atomic E-state index is 12.4. The molecule has 0 aliphatic heterocycles. The third-order valence-corrected chi connectivity index (χ3v) is 5.63. The summed E-state index contributed by atoms with van der Waals surface area (Å²) in [4.78, 5) is 36.9. The van der Waals surface area contributed by atoms with Crippen LogP contribution in [-0.4, -0.2) is 31.6 Å². The highest BCUT2D eigenvalue weighted by Crippen LogP contribution is 2.40. The molecule has 0 saturated carbocycles. The highest BCUT2D eigenvalue weighted by atomic mass is 32.1. The van der Waals surface area contributed by atoms with Gasteiger partial charge >= 0.3 is 11.9 Å². The fourth-order valence-electron chi connectivity index (χ4n) is 3.02. The van der Waals surface area contributed by atoms with E-state index in [1.807, 2.05) is 0 Å². The van der Waals surface area contributed by atoms with Gasteiger partial charge in [-0.15, -0.1) is 11.3 Å². The SMILES string of the molecule is CCOC(=O)c1c(NC(=O)CCC(=O)OC)sc2c1CC[C@@H](CC)C2. The molecule has 138 valence electrons. The van der Waals surface area contributed by atoms with Crippen LogP contribution >= 0.6 is 11.3 Å². The Morgan fingerprint density at radius 1 is 1.24 bits per heavy atom. The van der Waals surface area contributed by atoms with Crippen LogP contribution in [0.4, 0.5) is 5.00 Å². The highest BCUT2D eigenvalue weighted by Gasteiger charge is 2.29. The van der Waals surface area contributed by atoms with Crippen molar-refractivity contribution in [2.24, 2.45) is 5.92 Å². The molecule has 0 aromatic carbocycles. The van der Waals surface area contributed by atoms with E-state index in [-0.39, 0.29) is 25.4 Å². The first kappa shape index (κ1) is 19.4. The molecule has 0 spiro atoms. The minimum atomic E-state index is -0.433. The van der Waals surface area contributed by atoms with Gasteiger partial charge in [0.2, 0.25) is 5.91 Å². The van der Waals surface area contributed by atoms with Crippen molar-refractivity contribution in [3.8, 4) is 0 Å². The van der Waals surface area contributed by atoms with E-state index in [0.717, 1.165) is 36.1 Å². The Labute approximate surface area is 151 Å². The van der Waals surface area contributed by atoms with Gasteiger partial charge < -0.3 is 14.8 Å². The van der Waals surface area contributed by atoms with Gasteiger partial charge in [0.05, 0.1) is 25.7 Å². The molecule has 1 N–H and O–H groups in total. The second-order valence-electron chi connectivity index (χ2n) is 6.07. The molecule has 1 aromatic heterocycles. The Morgan fingerprint density at radius 3 is 2.64 bits per heavy atom. The summed E-state index contributed by atoms with van der Waals surface area (Å²) < 4.78 is 9.73. The van der Waals surface area contributed by atoms with Gasteiger partial charge in [0, 0.05) is 11.3 Å². The van der Waals surface area contributed by atoms with Gasteiger partial charge in [0.1, 0.15) is 5.00 Å². The maximum Gasteiger partial charge on any atom is 0.341 e. The standard InChI is InChI=1S/C18H25NO5S/c1-4-11-6-7-12-13(10-11)25-17(16(12)18(22)24-5-2)19-14(20)8-9-15(21)23-3/h11H,4-10H2,1-3H3,(H,19,20)/t11-/m1/s1. The zero-order chi connectivity index (χ0) is 18.4. The summed E-state index contributed by atoms with van der Waals surface area (Å²) in [5.41, 5.74) is 1.50. The number of ether oxygens (including phenoxy) is 2. The minimum absolute atomic E-state index is 0.0140. The molecule has 0 unspecified atom stereocenters. The molecule has 1 heterocycles. The number of amides is 1. The number of fused-ring (bicyclic) bond motifs is 1. The maximum absolute atomic E-state index is 12.4. The summed E-state index contributed by atoms with van der Waals surface area (Å²) in [6.07, 6.45) is 3.95. The normalized spacial score (nSPS) is 16.0. The van der Waals surface area contributed by atoms with E-state index < -0.39 is 11.9 Å². The zero-order valence-electron chi connectivity index (χ0n) is 15.0. The lowest BCUT2D eigenvalue weighted by Crippen LogP contribution is -2.17. The molecule has 25 heavy (non-hydrogen) atoms. The molecule has 2 rings (SSSR count). The molecule has 1 aliphatic rings. The molecule has 1 amide bonds. The molecule has 1 aliphatic carbocycles. The quantitative estimate of drug-likeness (QED) is 0.748. The molecule has 0 radical (unpaired) electrons. The minimum Gasteiger partial charge on any atom is -0.469 e. The first-order valence-electron chi connectivity index (χ1n) is 8.68. The van der Waals surface area contributed by atoms with Crippen molar-refractivity contribution in [2.45, 2.75) is 52.4 Å². The first-order valence-corrected chi connectivity index (χ1v) is 9.50.